The molecule has 0 bridgehead atoms. The quantitative estimate of drug-likeness (QED) is 0.894. The first kappa shape index (κ1) is 15.8. The van der Waals surface area contributed by atoms with Crippen molar-refractivity contribution in [1.29, 1.82) is 0 Å². The van der Waals surface area contributed by atoms with Gasteiger partial charge in [0.2, 0.25) is 5.91 Å². The molecule has 1 fully saturated rings. The number of anilines is 2. The molecule has 0 aliphatic carbocycles. The summed E-state index contributed by atoms with van der Waals surface area (Å²) in [4.78, 5) is 25.9. The number of hydrogen-bond donors (Lipinski definition) is 1. The average molecular weight is 349 g/mol. The zero-order valence-corrected chi connectivity index (χ0v) is 13.7. The molecule has 2 amide bonds. The summed E-state index contributed by atoms with van der Waals surface area (Å²) in [5, 5.41) is 3.64. The number of nitrogens with one attached hydrogen (secondary N) is 1. The molecule has 0 atom stereocenters. The molecular weight excluding hydrogens is 335 g/mol. The fourth-order valence-corrected chi connectivity index (χ4v) is 2.86. The van der Waals surface area contributed by atoms with E-state index >= 15 is 0 Å². The molecule has 4 nitrogen and oxygen atoms in total. The van der Waals surface area contributed by atoms with Crippen LogP contribution in [0, 0.1) is 0 Å². The van der Waals surface area contributed by atoms with E-state index < -0.39 is 0 Å². The minimum absolute atomic E-state index is 0.0837. The van der Waals surface area contributed by atoms with Gasteiger partial charge in [-0.25, -0.2) is 0 Å². The van der Waals surface area contributed by atoms with Gasteiger partial charge in [0.1, 0.15) is 0 Å². The van der Waals surface area contributed by atoms with Crippen LogP contribution >= 0.6 is 23.2 Å². The first-order chi connectivity index (χ1) is 11.0. The van der Waals surface area contributed by atoms with Gasteiger partial charge in [-0.05, 0) is 42.8 Å². The third kappa shape index (κ3) is 3.49. The van der Waals surface area contributed by atoms with Gasteiger partial charge in [0.15, 0.2) is 0 Å². The van der Waals surface area contributed by atoms with Crippen LogP contribution in [-0.4, -0.2) is 18.4 Å². The molecule has 0 unspecified atom stereocenters. The molecular formula is C17H14Cl2N2O2. The number of hydrogen-bond acceptors (Lipinski definition) is 2. The van der Waals surface area contributed by atoms with Crippen LogP contribution in [0.5, 0.6) is 0 Å². The highest BCUT2D eigenvalue weighted by Crippen LogP contribution is 2.27. The summed E-state index contributed by atoms with van der Waals surface area (Å²) in [7, 11) is 0. The van der Waals surface area contributed by atoms with Crippen LogP contribution in [-0.2, 0) is 4.79 Å². The summed E-state index contributed by atoms with van der Waals surface area (Å²) in [6, 6.07) is 11.9. The van der Waals surface area contributed by atoms with Crippen molar-refractivity contribution in [3.8, 4) is 0 Å². The van der Waals surface area contributed by atoms with Crippen molar-refractivity contribution in [3.63, 3.8) is 0 Å². The minimum atomic E-state index is -0.303. The van der Waals surface area contributed by atoms with Crippen molar-refractivity contribution in [2.75, 3.05) is 16.8 Å². The third-order valence-corrected chi connectivity index (χ3v) is 4.23. The number of carbonyl (C=O) groups is 2. The summed E-state index contributed by atoms with van der Waals surface area (Å²) < 4.78 is 0. The summed E-state index contributed by atoms with van der Waals surface area (Å²) in [5.41, 5.74) is 1.64. The maximum Gasteiger partial charge on any atom is 0.255 e. The predicted molar refractivity (Wildman–Crippen MR) is 92.4 cm³/mol. The molecule has 6 heteroatoms. The Hall–Kier alpha value is -2.04. The zero-order valence-electron chi connectivity index (χ0n) is 12.2. The van der Waals surface area contributed by atoms with Gasteiger partial charge in [0.25, 0.3) is 5.91 Å². The number of carbonyl (C=O) groups excluding carboxylic acids is 2. The Morgan fingerprint density at radius 2 is 1.96 bits per heavy atom. The Bertz CT molecular complexity index is 777. The monoisotopic (exact) mass is 348 g/mol. The Kier molecular flexibility index (Phi) is 4.55. The number of benzene rings is 2. The van der Waals surface area contributed by atoms with Gasteiger partial charge in [0.05, 0.1) is 10.7 Å². The molecule has 1 heterocycles. The molecule has 3 rings (SSSR count). The van der Waals surface area contributed by atoms with E-state index in [9.17, 15) is 9.59 Å². The lowest BCUT2D eigenvalue weighted by atomic mass is 10.1. The highest BCUT2D eigenvalue weighted by Gasteiger charge is 2.22. The van der Waals surface area contributed by atoms with Gasteiger partial charge < -0.3 is 10.2 Å². The number of nitrogens with zero attached hydrogens (tertiary/aromatic N) is 1. The summed E-state index contributed by atoms with van der Waals surface area (Å²) in [5.74, 6) is -0.219. The van der Waals surface area contributed by atoms with E-state index in [1.807, 2.05) is 6.07 Å². The normalized spacial score (nSPS) is 14.2. The largest absolute Gasteiger partial charge is 0.321 e. The predicted octanol–water partition coefficient (Wildman–Crippen LogP) is 4.37. The van der Waals surface area contributed by atoms with Crippen LogP contribution in [0.3, 0.4) is 0 Å². The van der Waals surface area contributed by atoms with E-state index in [2.05, 4.69) is 5.32 Å². The first-order valence-electron chi connectivity index (χ1n) is 7.21. The molecule has 2 aromatic rings. The van der Waals surface area contributed by atoms with Crippen LogP contribution in [0.25, 0.3) is 0 Å². The van der Waals surface area contributed by atoms with E-state index in [4.69, 9.17) is 23.2 Å². The van der Waals surface area contributed by atoms with Crippen LogP contribution in [0.4, 0.5) is 11.4 Å². The minimum Gasteiger partial charge on any atom is -0.321 e. The maximum atomic E-state index is 12.4. The Morgan fingerprint density at radius 1 is 1.13 bits per heavy atom. The van der Waals surface area contributed by atoms with Crippen LogP contribution < -0.4 is 10.2 Å². The lowest BCUT2D eigenvalue weighted by Gasteiger charge is -2.16. The second-order valence-corrected chi connectivity index (χ2v) is 6.12. The van der Waals surface area contributed by atoms with Crippen LogP contribution in [0.15, 0.2) is 42.5 Å². The zero-order chi connectivity index (χ0) is 16.4. The standard InChI is InChI=1S/C17H14Cl2N2O2/c18-12-6-7-14(19)15(10-12)20-17(23)11-3-1-4-13(9-11)21-8-2-5-16(21)22/h1,3-4,6-7,9-10H,2,5,8H2,(H,20,23). The molecule has 1 saturated heterocycles. The Balaban J connectivity index is 1.82. The maximum absolute atomic E-state index is 12.4. The van der Waals surface area contributed by atoms with Crippen molar-refractivity contribution in [2.45, 2.75) is 12.8 Å². The van der Waals surface area contributed by atoms with E-state index in [-0.39, 0.29) is 11.8 Å². The summed E-state index contributed by atoms with van der Waals surface area (Å²) >= 11 is 12.0. The number of rotatable bonds is 3. The van der Waals surface area contributed by atoms with Gasteiger partial charge >= 0.3 is 0 Å². The molecule has 0 aromatic heterocycles. The van der Waals surface area contributed by atoms with Crippen molar-refractivity contribution in [2.24, 2.45) is 0 Å². The van der Waals surface area contributed by atoms with Gasteiger partial charge in [-0.3, -0.25) is 9.59 Å². The molecule has 0 saturated carbocycles. The fourth-order valence-electron chi connectivity index (χ4n) is 2.52. The second-order valence-electron chi connectivity index (χ2n) is 5.28. The second kappa shape index (κ2) is 6.60. The SMILES string of the molecule is O=C(Nc1cc(Cl)ccc1Cl)c1cccc(N2CCCC2=O)c1. The van der Waals surface area contributed by atoms with Crippen molar-refractivity contribution in [1.82, 2.24) is 0 Å². The van der Waals surface area contributed by atoms with Crippen LogP contribution in [0.1, 0.15) is 23.2 Å². The first-order valence-corrected chi connectivity index (χ1v) is 7.97. The molecule has 1 aliphatic heterocycles. The molecule has 118 valence electrons. The molecule has 1 aliphatic rings. The smallest absolute Gasteiger partial charge is 0.255 e. The van der Waals surface area contributed by atoms with Gasteiger partial charge in [-0.1, -0.05) is 29.3 Å². The Labute approximate surface area is 144 Å². The highest BCUT2D eigenvalue weighted by atomic mass is 35.5. The molecule has 0 spiro atoms. The fraction of sp³-hybridized carbons (Fsp3) is 0.176. The Morgan fingerprint density at radius 3 is 2.70 bits per heavy atom. The van der Waals surface area contributed by atoms with E-state index in [1.54, 1.807) is 41.3 Å². The number of halogens is 2. The van der Waals surface area contributed by atoms with Crippen molar-refractivity contribution < 1.29 is 9.59 Å². The number of amides is 2. The van der Waals surface area contributed by atoms with Crippen LogP contribution in [0.2, 0.25) is 10.0 Å². The van der Waals surface area contributed by atoms with Crippen molar-refractivity contribution >= 4 is 46.4 Å². The van der Waals surface area contributed by atoms with Crippen molar-refractivity contribution in [3.05, 3.63) is 58.1 Å². The average Bonchev–Trinajstić information content (AvgIpc) is 2.97. The van der Waals surface area contributed by atoms with E-state index in [1.165, 1.54) is 0 Å². The topological polar surface area (TPSA) is 49.4 Å². The summed E-state index contributed by atoms with van der Waals surface area (Å²) in [6.07, 6.45) is 1.39. The van der Waals surface area contributed by atoms with Gasteiger partial charge in [-0.15, -0.1) is 0 Å². The van der Waals surface area contributed by atoms with E-state index in [0.717, 1.165) is 12.1 Å². The summed E-state index contributed by atoms with van der Waals surface area (Å²) in [6.45, 7) is 0.685. The van der Waals surface area contributed by atoms with Gasteiger partial charge in [0, 0.05) is 29.2 Å². The molecule has 0 radical (unpaired) electrons. The highest BCUT2D eigenvalue weighted by molar-refractivity contribution is 6.35. The van der Waals surface area contributed by atoms with E-state index in [0.29, 0.717) is 34.3 Å². The lowest BCUT2D eigenvalue weighted by Crippen LogP contribution is -2.24. The molecule has 2 aromatic carbocycles. The molecule has 23 heavy (non-hydrogen) atoms. The lowest BCUT2D eigenvalue weighted by molar-refractivity contribution is -0.117. The van der Waals surface area contributed by atoms with Gasteiger partial charge in [-0.2, -0.15) is 0 Å². The third-order valence-electron chi connectivity index (χ3n) is 3.67. The molecule has 1 N–H and O–H groups in total.